The second-order valence-corrected chi connectivity index (χ2v) is 2.93. The van der Waals surface area contributed by atoms with Crippen LogP contribution in [0, 0.1) is 0 Å². The maximum Gasteiger partial charge on any atom is 0.0902 e. The normalized spacial score (nSPS) is 8.69. The first kappa shape index (κ1) is 12.0. The molecule has 0 N–H and O–H groups in total. The molecule has 0 fully saturated rings. The van der Waals surface area contributed by atoms with Gasteiger partial charge in [0.05, 0.1) is 12.5 Å². The van der Waals surface area contributed by atoms with Crippen LogP contribution in [0.3, 0.4) is 0 Å². The lowest BCUT2D eigenvalue weighted by Crippen LogP contribution is -1.71. The summed E-state index contributed by atoms with van der Waals surface area (Å²) in [5.74, 6) is 0. The van der Waals surface area contributed by atoms with Gasteiger partial charge in [0, 0.05) is 0 Å². The Morgan fingerprint density at radius 3 is 2.23 bits per heavy atom. The van der Waals surface area contributed by atoms with Crippen LogP contribution >= 0.6 is 0 Å². The Morgan fingerprint density at radius 1 is 1.15 bits per heavy atom. The van der Waals surface area contributed by atoms with Crippen molar-refractivity contribution in [2.24, 2.45) is 0 Å². The molecule has 0 bridgehead atoms. The molecule has 1 nitrogen and oxygen atoms in total. The maximum absolute atomic E-state index is 4.58. The highest BCUT2D eigenvalue weighted by atomic mass is 16.3. The van der Waals surface area contributed by atoms with Crippen molar-refractivity contribution in [2.75, 3.05) is 0 Å². The van der Waals surface area contributed by atoms with Crippen molar-refractivity contribution in [3.8, 4) is 0 Å². The lowest BCUT2D eigenvalue weighted by Gasteiger charge is -1.91. The summed E-state index contributed by atoms with van der Waals surface area (Å²) in [5.41, 5.74) is 0. The summed E-state index contributed by atoms with van der Waals surface area (Å²) in [6.07, 6.45) is 11.9. The van der Waals surface area contributed by atoms with Crippen LogP contribution in [0.5, 0.6) is 0 Å². The van der Waals surface area contributed by atoms with E-state index in [1.54, 1.807) is 12.5 Å². The molecule has 1 aromatic heterocycles. The zero-order chi connectivity index (χ0) is 9.78. The molecule has 13 heavy (non-hydrogen) atoms. The third-order valence-corrected chi connectivity index (χ3v) is 1.69. The molecule has 0 aliphatic heterocycles. The van der Waals surface area contributed by atoms with Crippen LogP contribution in [0.1, 0.15) is 39.0 Å². The smallest absolute Gasteiger partial charge is 0.0902 e. The first-order valence-electron chi connectivity index (χ1n) is 5.00. The summed E-state index contributed by atoms with van der Waals surface area (Å²) in [5, 5.41) is 0. The van der Waals surface area contributed by atoms with Gasteiger partial charge in [-0.15, -0.1) is 6.58 Å². The summed E-state index contributed by atoms with van der Waals surface area (Å²) in [4.78, 5) is 0. The van der Waals surface area contributed by atoms with Crippen LogP contribution < -0.4 is 0 Å². The summed E-state index contributed by atoms with van der Waals surface area (Å²) in [6.45, 7) is 5.89. The first-order valence-corrected chi connectivity index (χ1v) is 5.00. The minimum atomic E-state index is 1.19. The zero-order valence-electron chi connectivity index (χ0n) is 8.54. The molecule has 0 radical (unpaired) electrons. The van der Waals surface area contributed by atoms with E-state index in [1.807, 2.05) is 18.2 Å². The molecule has 0 amide bonds. The van der Waals surface area contributed by atoms with E-state index in [1.165, 1.54) is 32.1 Å². The van der Waals surface area contributed by atoms with Gasteiger partial charge in [0.1, 0.15) is 0 Å². The summed E-state index contributed by atoms with van der Waals surface area (Å²) < 4.78 is 4.58. The molecule has 1 heteroatoms. The van der Waals surface area contributed by atoms with Gasteiger partial charge in [-0.1, -0.05) is 32.3 Å². The average molecular weight is 180 g/mol. The van der Waals surface area contributed by atoms with Crippen LogP contribution in [0.15, 0.2) is 41.7 Å². The maximum atomic E-state index is 4.58. The summed E-state index contributed by atoms with van der Waals surface area (Å²) >= 11 is 0. The molecule has 1 aromatic rings. The van der Waals surface area contributed by atoms with Gasteiger partial charge in [-0.3, -0.25) is 0 Å². The van der Waals surface area contributed by atoms with Crippen LogP contribution in [0.25, 0.3) is 0 Å². The van der Waals surface area contributed by atoms with E-state index in [9.17, 15) is 0 Å². The third kappa shape index (κ3) is 11.0. The fourth-order valence-electron chi connectivity index (χ4n) is 0.942. The van der Waals surface area contributed by atoms with E-state index < -0.39 is 0 Å². The fraction of sp³-hybridized carbons (Fsp3) is 0.500. The molecule has 74 valence electrons. The topological polar surface area (TPSA) is 13.1 Å². The van der Waals surface area contributed by atoms with Crippen LogP contribution in [-0.4, -0.2) is 0 Å². The average Bonchev–Trinajstić information content (AvgIpc) is 2.70. The largest absolute Gasteiger partial charge is 0.473 e. The van der Waals surface area contributed by atoms with Crippen molar-refractivity contribution in [2.45, 2.75) is 39.0 Å². The minimum absolute atomic E-state index is 1.19. The zero-order valence-corrected chi connectivity index (χ0v) is 8.54. The van der Waals surface area contributed by atoms with Crippen LogP contribution in [0.2, 0.25) is 0 Å². The molecule has 0 atom stereocenters. The molecule has 0 aliphatic rings. The van der Waals surface area contributed by atoms with Gasteiger partial charge in [0.2, 0.25) is 0 Å². The Kier molecular flexibility index (Phi) is 10.2. The molecule has 0 aliphatic carbocycles. The highest BCUT2D eigenvalue weighted by Gasteiger charge is 1.81. The summed E-state index contributed by atoms with van der Waals surface area (Å²) in [6, 6.07) is 3.67. The van der Waals surface area contributed by atoms with E-state index in [2.05, 4.69) is 17.9 Å². The SMILES string of the molecule is C=CCCCCCC.c1ccoc1. The summed E-state index contributed by atoms with van der Waals surface area (Å²) in [7, 11) is 0. The molecule has 0 saturated heterocycles. The number of hydrogen-bond acceptors (Lipinski definition) is 1. The fourth-order valence-corrected chi connectivity index (χ4v) is 0.942. The van der Waals surface area contributed by atoms with Gasteiger partial charge >= 0.3 is 0 Å². The Morgan fingerprint density at radius 2 is 1.85 bits per heavy atom. The van der Waals surface area contributed by atoms with E-state index in [0.717, 1.165) is 0 Å². The predicted molar refractivity (Wildman–Crippen MR) is 57.7 cm³/mol. The van der Waals surface area contributed by atoms with Gasteiger partial charge < -0.3 is 4.42 Å². The predicted octanol–water partition coefficient (Wildman–Crippen LogP) is 4.42. The molecule has 0 aromatic carbocycles. The van der Waals surface area contributed by atoms with Crippen molar-refractivity contribution in [3.63, 3.8) is 0 Å². The van der Waals surface area contributed by atoms with Crippen LogP contribution in [0.4, 0.5) is 0 Å². The first-order chi connectivity index (χ1) is 6.41. The van der Waals surface area contributed by atoms with E-state index >= 15 is 0 Å². The van der Waals surface area contributed by atoms with Gasteiger partial charge in [-0.2, -0.15) is 0 Å². The van der Waals surface area contributed by atoms with Gasteiger partial charge in [-0.25, -0.2) is 0 Å². The van der Waals surface area contributed by atoms with Gasteiger partial charge in [0.25, 0.3) is 0 Å². The monoisotopic (exact) mass is 180 g/mol. The molecule has 1 rings (SSSR count). The molecule has 0 saturated carbocycles. The highest BCUT2D eigenvalue weighted by Crippen LogP contribution is 2.01. The second-order valence-electron chi connectivity index (χ2n) is 2.93. The molecule has 0 spiro atoms. The number of hydrogen-bond donors (Lipinski definition) is 0. The molecule has 1 heterocycles. The number of unbranched alkanes of at least 4 members (excludes halogenated alkanes) is 4. The Balaban J connectivity index is 0.000000243. The number of allylic oxidation sites excluding steroid dienone is 1. The van der Waals surface area contributed by atoms with Crippen molar-refractivity contribution in [1.82, 2.24) is 0 Å². The number of furan rings is 1. The molecular weight excluding hydrogens is 160 g/mol. The highest BCUT2D eigenvalue weighted by molar-refractivity contribution is 4.79. The standard InChI is InChI=1S/C8H16.C4H4O/c1-3-5-7-8-6-4-2;1-2-4-5-3-1/h3H,1,4-8H2,2H3;1-4H. The molecular formula is C12H20O. The molecule has 0 unspecified atom stereocenters. The third-order valence-electron chi connectivity index (χ3n) is 1.69. The lowest BCUT2D eigenvalue weighted by atomic mass is 10.2. The van der Waals surface area contributed by atoms with Crippen molar-refractivity contribution >= 4 is 0 Å². The van der Waals surface area contributed by atoms with Crippen LogP contribution in [-0.2, 0) is 0 Å². The van der Waals surface area contributed by atoms with E-state index in [0.29, 0.717) is 0 Å². The van der Waals surface area contributed by atoms with Gasteiger partial charge in [0.15, 0.2) is 0 Å². The quantitative estimate of drug-likeness (QED) is 0.483. The Labute approximate surface area is 81.5 Å². The van der Waals surface area contributed by atoms with Crippen molar-refractivity contribution in [1.29, 1.82) is 0 Å². The lowest BCUT2D eigenvalue weighted by molar-refractivity contribution is 0.567. The van der Waals surface area contributed by atoms with Crippen molar-refractivity contribution in [3.05, 3.63) is 37.3 Å². The van der Waals surface area contributed by atoms with Crippen molar-refractivity contribution < 1.29 is 4.42 Å². The number of rotatable bonds is 5. The minimum Gasteiger partial charge on any atom is -0.473 e. The Hall–Kier alpha value is -0.980. The Bertz CT molecular complexity index is 148. The second kappa shape index (κ2) is 11.0. The van der Waals surface area contributed by atoms with E-state index in [4.69, 9.17) is 0 Å². The van der Waals surface area contributed by atoms with E-state index in [-0.39, 0.29) is 0 Å². The van der Waals surface area contributed by atoms with Gasteiger partial charge in [-0.05, 0) is 25.0 Å².